The third-order valence-corrected chi connectivity index (χ3v) is 5.32. The van der Waals surface area contributed by atoms with Crippen molar-refractivity contribution in [3.63, 3.8) is 0 Å². The molecule has 4 atom stereocenters. The maximum atomic E-state index is 13.4. The molecule has 0 aromatic heterocycles. The van der Waals surface area contributed by atoms with Crippen molar-refractivity contribution in [2.24, 2.45) is 0 Å². The van der Waals surface area contributed by atoms with Crippen molar-refractivity contribution in [1.82, 2.24) is 10.2 Å². The highest BCUT2D eigenvalue weighted by atomic mass is 32.2. The molecule has 1 N–H and O–H groups in total. The lowest BCUT2D eigenvalue weighted by atomic mass is 10.1. The molecule has 0 aromatic rings. The Labute approximate surface area is 195 Å². The number of aldehydes is 1. The topological polar surface area (TPSA) is 136 Å². The molecule has 0 aliphatic rings. The second-order valence-corrected chi connectivity index (χ2v) is 12.3. The summed E-state index contributed by atoms with van der Waals surface area (Å²) in [6.07, 6.45) is 1.18. The molecule has 0 aliphatic carbocycles. The van der Waals surface area contributed by atoms with Crippen LogP contribution in [0.1, 0.15) is 54.4 Å². The second-order valence-electron chi connectivity index (χ2n) is 9.22. The Bertz CT molecular complexity index is 728. The van der Waals surface area contributed by atoms with Crippen LogP contribution in [0.5, 0.6) is 0 Å². The molecule has 0 saturated heterocycles. The van der Waals surface area contributed by atoms with Crippen molar-refractivity contribution in [3.8, 4) is 0 Å². The zero-order chi connectivity index (χ0) is 25.3. The number of amides is 3. The molecule has 0 bridgehead atoms. The Morgan fingerprint density at radius 3 is 1.78 bits per heavy atom. The molecular weight excluding hydrogens is 460 g/mol. The molecule has 0 heterocycles. The van der Waals surface area contributed by atoms with Crippen LogP contribution in [0.25, 0.3) is 0 Å². The number of carbonyl (C=O) groups is 4. The maximum absolute atomic E-state index is 13.4. The van der Waals surface area contributed by atoms with Gasteiger partial charge in [0.05, 0.1) is 6.04 Å². The molecule has 186 valence electrons. The van der Waals surface area contributed by atoms with E-state index in [-0.39, 0.29) is 24.3 Å². The second kappa shape index (κ2) is 13.0. The Balaban J connectivity index is 6.03. The van der Waals surface area contributed by atoms with Crippen molar-refractivity contribution in [3.05, 3.63) is 0 Å². The van der Waals surface area contributed by atoms with Gasteiger partial charge in [-0.25, -0.2) is 14.5 Å². The van der Waals surface area contributed by atoms with Gasteiger partial charge in [-0.2, -0.15) is 0 Å². The standard InChI is InChI=1S/C20H36N2O8S2/c1-19(2,3)29-17(25)21-15(10-12-32(8)28)16(24)22(18(26)30-20(4,5)6)14(13-23)9-11-31(7)27/h13-15H,9-12H2,1-8H3,(H,21,25)/t14-,15?,31?,32-/m0/s1. The van der Waals surface area contributed by atoms with Crippen LogP contribution in [-0.2, 0) is 40.7 Å². The molecule has 2 unspecified atom stereocenters. The minimum absolute atomic E-state index is 0.0452. The lowest BCUT2D eigenvalue weighted by molar-refractivity contribution is -0.137. The molecule has 0 aromatic carbocycles. The molecule has 0 aliphatic heterocycles. The van der Waals surface area contributed by atoms with E-state index >= 15 is 0 Å². The van der Waals surface area contributed by atoms with Crippen LogP contribution in [0.2, 0.25) is 0 Å². The molecule has 3 amide bonds. The van der Waals surface area contributed by atoms with Crippen LogP contribution in [0.3, 0.4) is 0 Å². The number of ether oxygens (including phenoxy) is 2. The summed E-state index contributed by atoms with van der Waals surface area (Å²) in [4.78, 5) is 50.9. The van der Waals surface area contributed by atoms with Gasteiger partial charge in [0.2, 0.25) is 0 Å². The first kappa shape index (κ1) is 30.2. The number of alkyl carbamates (subject to hydrolysis) is 1. The molecule has 0 saturated carbocycles. The van der Waals surface area contributed by atoms with E-state index in [1.54, 1.807) is 41.5 Å². The number of nitrogens with zero attached hydrogens (tertiary/aromatic N) is 1. The maximum Gasteiger partial charge on any atom is 0.417 e. The van der Waals surface area contributed by atoms with Crippen LogP contribution < -0.4 is 5.32 Å². The first-order valence-corrected chi connectivity index (χ1v) is 13.5. The summed E-state index contributed by atoms with van der Waals surface area (Å²) < 4.78 is 33.6. The zero-order valence-corrected chi connectivity index (χ0v) is 21.7. The lowest BCUT2D eigenvalue weighted by Crippen LogP contribution is -2.56. The van der Waals surface area contributed by atoms with Gasteiger partial charge in [-0.05, 0) is 54.4 Å². The quantitative estimate of drug-likeness (QED) is 0.452. The number of hydrogen-bond donors (Lipinski definition) is 1. The average Bonchev–Trinajstić information content (AvgIpc) is 2.57. The van der Waals surface area contributed by atoms with Gasteiger partial charge in [-0.3, -0.25) is 13.2 Å². The summed E-state index contributed by atoms with van der Waals surface area (Å²) in [7, 11) is -2.56. The van der Waals surface area contributed by atoms with Crippen LogP contribution >= 0.6 is 0 Å². The van der Waals surface area contributed by atoms with Crippen LogP contribution in [0.4, 0.5) is 9.59 Å². The van der Waals surface area contributed by atoms with Crippen molar-refractivity contribution in [2.45, 2.75) is 77.7 Å². The van der Waals surface area contributed by atoms with E-state index in [0.29, 0.717) is 11.2 Å². The molecule has 0 spiro atoms. The van der Waals surface area contributed by atoms with Crippen LogP contribution in [-0.4, -0.2) is 85.0 Å². The van der Waals surface area contributed by atoms with Gasteiger partial charge in [0.1, 0.15) is 23.5 Å². The van der Waals surface area contributed by atoms with Crippen molar-refractivity contribution in [2.75, 3.05) is 24.0 Å². The van der Waals surface area contributed by atoms with E-state index in [4.69, 9.17) is 9.47 Å². The Kier molecular flexibility index (Phi) is 12.3. The number of carbonyl (C=O) groups excluding carboxylic acids is 4. The van der Waals surface area contributed by atoms with Crippen LogP contribution in [0.15, 0.2) is 0 Å². The largest absolute Gasteiger partial charge is 0.444 e. The highest BCUT2D eigenvalue weighted by Crippen LogP contribution is 2.16. The van der Waals surface area contributed by atoms with Gasteiger partial charge in [0.25, 0.3) is 5.91 Å². The molecule has 12 heteroatoms. The van der Waals surface area contributed by atoms with E-state index in [0.717, 1.165) is 0 Å². The number of rotatable bonds is 10. The lowest BCUT2D eigenvalue weighted by Gasteiger charge is -2.32. The van der Waals surface area contributed by atoms with Gasteiger partial charge < -0.3 is 19.6 Å². The van der Waals surface area contributed by atoms with E-state index in [9.17, 15) is 27.6 Å². The van der Waals surface area contributed by atoms with E-state index in [2.05, 4.69) is 5.32 Å². The average molecular weight is 497 g/mol. The number of imide groups is 1. The first-order chi connectivity index (χ1) is 14.5. The van der Waals surface area contributed by atoms with Gasteiger partial charge in [-0.1, -0.05) is 0 Å². The zero-order valence-electron chi connectivity index (χ0n) is 20.1. The molecule has 0 rings (SSSR count). The molecule has 32 heavy (non-hydrogen) atoms. The van der Waals surface area contributed by atoms with Gasteiger partial charge in [0, 0.05) is 45.6 Å². The van der Waals surface area contributed by atoms with Crippen molar-refractivity contribution < 1.29 is 37.1 Å². The summed E-state index contributed by atoms with van der Waals surface area (Å²) in [5, 5.41) is 2.40. The van der Waals surface area contributed by atoms with Crippen LogP contribution in [0, 0.1) is 0 Å². The molecule has 10 nitrogen and oxygen atoms in total. The van der Waals surface area contributed by atoms with E-state index in [1.165, 1.54) is 12.5 Å². The SMILES string of the molecule is CS(=O)CC[C@@H](C=O)N(C(=O)OC(C)(C)C)C(=O)C(CC[S@](C)=O)NC(=O)OC(C)(C)C. The summed E-state index contributed by atoms with van der Waals surface area (Å²) in [6, 6.07) is -2.55. The summed E-state index contributed by atoms with van der Waals surface area (Å²) in [5.41, 5.74) is -1.80. The Morgan fingerprint density at radius 2 is 1.38 bits per heavy atom. The molecule has 0 fully saturated rings. The van der Waals surface area contributed by atoms with E-state index < -0.39 is 63.0 Å². The predicted octanol–water partition coefficient (Wildman–Crippen LogP) is 1.75. The minimum atomic E-state index is -1.30. The fraction of sp³-hybridized carbons (Fsp3) is 0.800. The summed E-state index contributed by atoms with van der Waals surface area (Å²) >= 11 is 0. The van der Waals surface area contributed by atoms with E-state index in [1.807, 2.05) is 0 Å². The summed E-state index contributed by atoms with van der Waals surface area (Å²) in [5.74, 6) is -0.785. The fourth-order valence-corrected chi connectivity index (χ4v) is 3.54. The summed E-state index contributed by atoms with van der Waals surface area (Å²) in [6.45, 7) is 9.73. The van der Waals surface area contributed by atoms with Crippen molar-refractivity contribution in [1.29, 1.82) is 0 Å². The minimum Gasteiger partial charge on any atom is -0.444 e. The van der Waals surface area contributed by atoms with Gasteiger partial charge >= 0.3 is 12.2 Å². The molecular formula is C20H36N2O8S2. The monoisotopic (exact) mass is 496 g/mol. The smallest absolute Gasteiger partial charge is 0.417 e. The highest BCUT2D eigenvalue weighted by molar-refractivity contribution is 7.84. The predicted molar refractivity (Wildman–Crippen MR) is 123 cm³/mol. The first-order valence-electron chi connectivity index (χ1n) is 10.1. The third kappa shape index (κ3) is 12.9. The fourth-order valence-electron chi connectivity index (χ4n) is 2.40. The van der Waals surface area contributed by atoms with Gasteiger partial charge in [0.15, 0.2) is 0 Å². The number of nitrogens with one attached hydrogen (secondary N) is 1. The molecule has 0 radical (unpaired) electrons. The normalized spacial score (nSPS) is 15.6. The van der Waals surface area contributed by atoms with Crippen molar-refractivity contribution >= 4 is 46.0 Å². The van der Waals surface area contributed by atoms with Gasteiger partial charge in [-0.15, -0.1) is 0 Å². The highest BCUT2D eigenvalue weighted by Gasteiger charge is 2.38. The Morgan fingerprint density at radius 1 is 0.906 bits per heavy atom. The third-order valence-electron chi connectivity index (χ3n) is 3.70. The number of hydrogen-bond acceptors (Lipinski definition) is 8. The Hall–Kier alpha value is -1.82.